The third kappa shape index (κ3) is 5.87. The van der Waals surface area contributed by atoms with Crippen molar-refractivity contribution in [2.75, 3.05) is 5.88 Å². The summed E-state index contributed by atoms with van der Waals surface area (Å²) in [5, 5.41) is 13.0. The average Bonchev–Trinajstić information content (AvgIpc) is 2.36. The van der Waals surface area contributed by atoms with Crippen LogP contribution in [0.4, 0.5) is 0 Å². The minimum Gasteiger partial charge on any atom is -0.480 e. The number of aliphatic carboxylic acids is 1. The predicted molar refractivity (Wildman–Crippen MR) is 46.9 cm³/mol. The topological polar surface area (TPSA) is 81.8 Å². The van der Waals surface area contributed by atoms with Crippen molar-refractivity contribution in [1.82, 2.24) is 15.2 Å². The molecule has 0 fully saturated rings. The van der Waals surface area contributed by atoms with Crippen LogP contribution in [0.3, 0.4) is 0 Å². The first-order valence-corrected chi connectivity index (χ1v) is 3.89. The number of hydrogen-bond donors (Lipinski definition) is 3. The zero-order valence-corrected chi connectivity index (χ0v) is 7.87. The van der Waals surface area contributed by atoms with Gasteiger partial charge in [0, 0.05) is 0 Å². The van der Waals surface area contributed by atoms with Gasteiger partial charge in [-0.05, 0) is 19.1 Å². The highest BCUT2D eigenvalue weighted by molar-refractivity contribution is 7.71. The molecule has 0 radical (unpaired) electrons. The molecular weight excluding hydrogens is 202 g/mol. The molecule has 0 aliphatic rings. The molecule has 1 rings (SSSR count). The summed E-state index contributed by atoms with van der Waals surface area (Å²) in [6, 6.07) is 0. The fourth-order valence-electron chi connectivity index (χ4n) is 0.352. The Hall–Kier alpha value is -0.880. The molecule has 1 aromatic heterocycles. The summed E-state index contributed by atoms with van der Waals surface area (Å²) in [5.41, 5.74) is 0. The molecule has 0 spiro atoms. The van der Waals surface area contributed by atoms with Gasteiger partial charge in [-0.25, -0.2) is 4.98 Å². The lowest BCUT2D eigenvalue weighted by atomic mass is 10.8. The van der Waals surface area contributed by atoms with Crippen LogP contribution in [0.2, 0.25) is 0 Å². The normalized spacial score (nSPS) is 8.50. The number of nitrogens with one attached hydrogen (secondary N) is 2. The summed E-state index contributed by atoms with van der Waals surface area (Å²) in [5.74, 6) is -0.461. The van der Waals surface area contributed by atoms with Crippen molar-refractivity contribution in [2.24, 2.45) is 0 Å². The number of carboxylic acids is 1. The fraction of sp³-hybridized carbons (Fsp3) is 0.400. The number of hydrogen-bond acceptors (Lipinski definition) is 3. The third-order valence-corrected chi connectivity index (χ3v) is 1.16. The van der Waals surface area contributed by atoms with E-state index in [1.54, 1.807) is 0 Å². The molecule has 3 N–H and O–H groups in total. The Morgan fingerprint density at radius 1 is 1.75 bits per heavy atom. The number of aryl methyl sites for hydroxylation is 1. The fourth-order valence-corrected chi connectivity index (χ4v) is 0.540. The highest BCUT2D eigenvalue weighted by Gasteiger charge is 1.83. The Balaban J connectivity index is 0.000000217. The van der Waals surface area contributed by atoms with Crippen LogP contribution in [0.15, 0.2) is 0 Å². The maximum absolute atomic E-state index is 9.24. The number of carboxylic acid groups (broad SMARTS) is 1. The highest BCUT2D eigenvalue weighted by Crippen LogP contribution is 1.79. The molecule has 1 heterocycles. The molecule has 0 aliphatic carbocycles. The van der Waals surface area contributed by atoms with Gasteiger partial charge in [-0.2, -0.15) is 0 Å². The summed E-state index contributed by atoms with van der Waals surface area (Å²) in [6.45, 7) is 1.84. The standard InChI is InChI=1S/C3H5N3S.C2H3ClO2/c1-2-4-3(7)6-5-2;3-1-2(4)5/h1H3,(H2,4,5,6,7);1H2,(H,4,5). The summed E-state index contributed by atoms with van der Waals surface area (Å²) in [7, 11) is 0. The first-order chi connectivity index (χ1) is 5.56. The average molecular weight is 210 g/mol. The largest absolute Gasteiger partial charge is 0.480 e. The molecule has 0 unspecified atom stereocenters. The zero-order valence-electron chi connectivity index (χ0n) is 6.30. The lowest BCUT2D eigenvalue weighted by Gasteiger charge is -1.69. The quantitative estimate of drug-likeness (QED) is 0.478. The first kappa shape index (κ1) is 11.1. The maximum atomic E-state index is 9.24. The van der Waals surface area contributed by atoms with Crippen LogP contribution in [-0.4, -0.2) is 32.1 Å². The molecule has 5 nitrogen and oxygen atoms in total. The molecule has 0 bridgehead atoms. The monoisotopic (exact) mass is 209 g/mol. The summed E-state index contributed by atoms with van der Waals surface area (Å²) in [4.78, 5) is 13.1. The molecule has 7 heteroatoms. The van der Waals surface area contributed by atoms with Gasteiger partial charge >= 0.3 is 5.97 Å². The predicted octanol–water partition coefficient (Wildman–Crippen LogP) is 1.09. The van der Waals surface area contributed by atoms with Crippen LogP contribution in [-0.2, 0) is 4.79 Å². The Morgan fingerprint density at radius 3 is 2.33 bits per heavy atom. The van der Waals surface area contributed by atoms with E-state index in [2.05, 4.69) is 27.4 Å². The summed E-state index contributed by atoms with van der Waals surface area (Å²) >= 11 is 9.37. The van der Waals surface area contributed by atoms with E-state index >= 15 is 0 Å². The Kier molecular flexibility index (Phi) is 5.31. The number of alkyl halides is 1. The number of halogens is 1. The van der Waals surface area contributed by atoms with E-state index in [1.165, 1.54) is 0 Å². The molecule has 0 saturated carbocycles. The van der Waals surface area contributed by atoms with Crippen LogP contribution >= 0.6 is 23.8 Å². The SMILES string of the molecule is Cc1nc(=S)[nH][nH]1.O=C(O)CCl. The summed E-state index contributed by atoms with van der Waals surface area (Å²) in [6.07, 6.45) is 0. The zero-order chi connectivity index (χ0) is 9.56. The number of aromatic nitrogens is 3. The van der Waals surface area contributed by atoms with Crippen LogP contribution in [0, 0.1) is 11.7 Å². The van der Waals surface area contributed by atoms with E-state index in [0.29, 0.717) is 4.77 Å². The lowest BCUT2D eigenvalue weighted by Crippen LogP contribution is -1.92. The number of aromatic amines is 2. The van der Waals surface area contributed by atoms with Crippen LogP contribution in [0.1, 0.15) is 5.82 Å². The minimum atomic E-state index is -0.980. The highest BCUT2D eigenvalue weighted by atomic mass is 35.5. The molecule has 0 atom stereocenters. The van der Waals surface area contributed by atoms with Gasteiger partial charge in [-0.3, -0.25) is 15.0 Å². The van der Waals surface area contributed by atoms with Crippen LogP contribution in [0.25, 0.3) is 0 Å². The van der Waals surface area contributed by atoms with Gasteiger partial charge in [0.15, 0.2) is 0 Å². The molecule has 0 amide bonds. The number of H-pyrrole nitrogens is 2. The van der Waals surface area contributed by atoms with Gasteiger partial charge in [0.25, 0.3) is 0 Å². The van der Waals surface area contributed by atoms with E-state index in [9.17, 15) is 4.79 Å². The molecule has 68 valence electrons. The molecule has 0 aromatic carbocycles. The third-order valence-electron chi connectivity index (χ3n) is 0.734. The van der Waals surface area contributed by atoms with Crippen LogP contribution in [0.5, 0.6) is 0 Å². The number of carbonyl (C=O) groups is 1. The van der Waals surface area contributed by atoms with Gasteiger partial charge in [0.1, 0.15) is 11.7 Å². The van der Waals surface area contributed by atoms with Gasteiger partial charge < -0.3 is 5.11 Å². The van der Waals surface area contributed by atoms with E-state index < -0.39 is 5.97 Å². The van der Waals surface area contributed by atoms with Crippen LogP contribution < -0.4 is 0 Å². The van der Waals surface area contributed by atoms with Gasteiger partial charge in [-0.15, -0.1) is 11.6 Å². The van der Waals surface area contributed by atoms with Crippen molar-refractivity contribution < 1.29 is 9.90 Å². The van der Waals surface area contributed by atoms with Crippen molar-refractivity contribution in [3.05, 3.63) is 10.6 Å². The second-order valence-electron chi connectivity index (χ2n) is 1.78. The van der Waals surface area contributed by atoms with Gasteiger partial charge in [0.2, 0.25) is 4.77 Å². The first-order valence-electron chi connectivity index (χ1n) is 2.95. The van der Waals surface area contributed by atoms with Crippen molar-refractivity contribution in [1.29, 1.82) is 0 Å². The smallest absolute Gasteiger partial charge is 0.318 e. The Labute approximate surface area is 78.8 Å². The second kappa shape index (κ2) is 5.73. The number of rotatable bonds is 1. The van der Waals surface area contributed by atoms with Crippen molar-refractivity contribution in [3.8, 4) is 0 Å². The molecule has 0 aliphatic heterocycles. The van der Waals surface area contributed by atoms with Crippen molar-refractivity contribution in [3.63, 3.8) is 0 Å². The van der Waals surface area contributed by atoms with Crippen molar-refractivity contribution in [2.45, 2.75) is 6.92 Å². The molecule has 0 saturated heterocycles. The Morgan fingerprint density at radius 2 is 2.25 bits per heavy atom. The molecule has 12 heavy (non-hydrogen) atoms. The van der Waals surface area contributed by atoms with Crippen molar-refractivity contribution >= 4 is 29.8 Å². The van der Waals surface area contributed by atoms with E-state index in [0.717, 1.165) is 5.82 Å². The van der Waals surface area contributed by atoms with E-state index in [-0.39, 0.29) is 5.88 Å². The van der Waals surface area contributed by atoms with Gasteiger partial charge in [-0.1, -0.05) is 0 Å². The van der Waals surface area contributed by atoms with E-state index in [1.807, 2.05) is 6.92 Å². The van der Waals surface area contributed by atoms with Gasteiger partial charge in [0.05, 0.1) is 0 Å². The molecule has 1 aromatic rings. The minimum absolute atomic E-state index is 0.306. The Bertz CT molecular complexity index is 295. The maximum Gasteiger partial charge on any atom is 0.318 e. The van der Waals surface area contributed by atoms with E-state index in [4.69, 9.17) is 16.7 Å². The second-order valence-corrected chi connectivity index (χ2v) is 2.43. The lowest BCUT2D eigenvalue weighted by molar-refractivity contribution is -0.134. The summed E-state index contributed by atoms with van der Waals surface area (Å²) < 4.78 is 0.512. The number of nitrogens with zero attached hydrogens (tertiary/aromatic N) is 1. The molecular formula is C5H8ClN3O2S.